The summed E-state index contributed by atoms with van der Waals surface area (Å²) in [6.07, 6.45) is -4.52. The summed E-state index contributed by atoms with van der Waals surface area (Å²) in [5.41, 5.74) is 6.30. The highest BCUT2D eigenvalue weighted by Crippen LogP contribution is 2.19. The maximum atomic E-state index is 11.8. The molecule has 88 valence electrons. The van der Waals surface area contributed by atoms with E-state index in [0.717, 1.165) is 0 Å². The molecule has 0 spiro atoms. The number of benzene rings is 1. The maximum absolute atomic E-state index is 11.8. The number of alkyl halides is 3. The van der Waals surface area contributed by atoms with Crippen molar-refractivity contribution in [2.24, 2.45) is 0 Å². The number of anilines is 1. The van der Waals surface area contributed by atoms with E-state index in [1.165, 1.54) is 12.1 Å². The molecule has 0 fully saturated rings. The number of hydrogen-bond donors (Lipinski definition) is 1. The first-order valence-electron chi connectivity index (χ1n) is 4.40. The summed E-state index contributed by atoms with van der Waals surface area (Å²) in [5.74, 6) is -1.03. The second kappa shape index (κ2) is 4.42. The largest absolute Gasteiger partial charge is 0.452 e. The number of ether oxygens (including phenoxy) is 1. The molecule has 0 radical (unpaired) electrons. The summed E-state index contributed by atoms with van der Waals surface area (Å²) in [6.45, 7) is -0.0560. The van der Waals surface area contributed by atoms with E-state index in [9.17, 15) is 18.0 Å². The van der Waals surface area contributed by atoms with Crippen LogP contribution in [0.25, 0.3) is 0 Å². The fraction of sp³-hybridized carbons (Fsp3) is 0.300. The van der Waals surface area contributed by atoms with Crippen LogP contribution in [0.2, 0.25) is 0 Å². The predicted octanol–water partition coefficient (Wildman–Crippen LogP) is 2.30. The first-order chi connectivity index (χ1) is 7.31. The molecule has 3 nitrogen and oxygen atoms in total. The van der Waals surface area contributed by atoms with Crippen molar-refractivity contribution in [3.8, 4) is 0 Å². The van der Waals surface area contributed by atoms with Crippen molar-refractivity contribution in [1.82, 2.24) is 0 Å². The van der Waals surface area contributed by atoms with Crippen LogP contribution in [0.3, 0.4) is 0 Å². The molecule has 0 heterocycles. The Kier molecular flexibility index (Phi) is 3.41. The Bertz CT molecular complexity index is 402. The van der Waals surface area contributed by atoms with E-state index in [0.29, 0.717) is 11.3 Å². The lowest BCUT2D eigenvalue weighted by Gasteiger charge is -2.10. The molecule has 0 unspecified atom stereocenters. The van der Waals surface area contributed by atoms with Crippen LogP contribution >= 0.6 is 0 Å². The van der Waals surface area contributed by atoms with Gasteiger partial charge in [-0.15, -0.1) is 0 Å². The summed E-state index contributed by atoms with van der Waals surface area (Å²) in [6, 6.07) is 4.40. The zero-order chi connectivity index (χ0) is 12.3. The SMILES string of the molecule is Cc1c(N)cccc1C(=O)OCC(F)(F)F. The van der Waals surface area contributed by atoms with Gasteiger partial charge in [-0.1, -0.05) is 6.07 Å². The molecule has 0 aliphatic heterocycles. The molecule has 0 saturated heterocycles. The van der Waals surface area contributed by atoms with Crippen molar-refractivity contribution >= 4 is 11.7 Å². The van der Waals surface area contributed by atoms with Crippen molar-refractivity contribution in [3.63, 3.8) is 0 Å². The summed E-state index contributed by atoms with van der Waals surface area (Å²) in [4.78, 5) is 11.3. The number of rotatable bonds is 2. The smallest absolute Gasteiger partial charge is 0.422 e. The van der Waals surface area contributed by atoms with Gasteiger partial charge in [-0.2, -0.15) is 13.2 Å². The van der Waals surface area contributed by atoms with Gasteiger partial charge in [0.25, 0.3) is 0 Å². The Labute approximate surface area is 90.0 Å². The number of nitrogens with two attached hydrogens (primary N) is 1. The van der Waals surface area contributed by atoms with Crippen LogP contribution in [0.5, 0.6) is 0 Å². The van der Waals surface area contributed by atoms with Gasteiger partial charge < -0.3 is 10.5 Å². The molecule has 0 saturated carbocycles. The van der Waals surface area contributed by atoms with Gasteiger partial charge in [0.15, 0.2) is 6.61 Å². The van der Waals surface area contributed by atoms with Gasteiger partial charge in [0.05, 0.1) is 5.56 Å². The topological polar surface area (TPSA) is 52.3 Å². The Morgan fingerprint density at radius 2 is 2.06 bits per heavy atom. The summed E-state index contributed by atoms with van der Waals surface area (Å²) in [5, 5.41) is 0. The van der Waals surface area contributed by atoms with Crippen molar-refractivity contribution in [1.29, 1.82) is 0 Å². The highest BCUT2D eigenvalue weighted by molar-refractivity contribution is 5.92. The van der Waals surface area contributed by atoms with E-state index in [4.69, 9.17) is 5.73 Å². The second-order valence-corrected chi connectivity index (χ2v) is 3.21. The number of nitrogen functional groups attached to an aromatic ring is 1. The van der Waals surface area contributed by atoms with E-state index in [-0.39, 0.29) is 5.56 Å². The molecule has 1 rings (SSSR count). The monoisotopic (exact) mass is 233 g/mol. The standard InChI is InChI=1S/C10H10F3NO2/c1-6-7(3-2-4-8(6)14)9(15)16-5-10(11,12)13/h2-4H,5,14H2,1H3. The fourth-order valence-electron chi connectivity index (χ4n) is 1.10. The maximum Gasteiger partial charge on any atom is 0.422 e. The van der Waals surface area contributed by atoms with Gasteiger partial charge in [0.1, 0.15) is 0 Å². The average molecular weight is 233 g/mol. The predicted molar refractivity (Wildman–Crippen MR) is 51.9 cm³/mol. The summed E-state index contributed by atoms with van der Waals surface area (Å²) >= 11 is 0. The fourth-order valence-corrected chi connectivity index (χ4v) is 1.10. The lowest BCUT2D eigenvalue weighted by molar-refractivity contribution is -0.161. The van der Waals surface area contributed by atoms with E-state index in [2.05, 4.69) is 4.74 Å². The lowest BCUT2D eigenvalue weighted by atomic mass is 10.1. The highest BCUT2D eigenvalue weighted by Gasteiger charge is 2.30. The van der Waals surface area contributed by atoms with Gasteiger partial charge in [-0.3, -0.25) is 0 Å². The average Bonchev–Trinajstić information content (AvgIpc) is 2.17. The van der Waals surface area contributed by atoms with Crippen LogP contribution in [0.1, 0.15) is 15.9 Å². The van der Waals surface area contributed by atoms with Crippen LogP contribution in [-0.2, 0) is 4.74 Å². The molecule has 0 bridgehead atoms. The molecule has 2 N–H and O–H groups in total. The van der Waals surface area contributed by atoms with Crippen LogP contribution in [0, 0.1) is 6.92 Å². The molecule has 16 heavy (non-hydrogen) atoms. The van der Waals surface area contributed by atoms with Crippen LogP contribution in [-0.4, -0.2) is 18.8 Å². The van der Waals surface area contributed by atoms with Crippen molar-refractivity contribution in [2.45, 2.75) is 13.1 Å². The van der Waals surface area contributed by atoms with Gasteiger partial charge in [0.2, 0.25) is 0 Å². The Morgan fingerprint density at radius 1 is 1.44 bits per heavy atom. The number of carbonyl (C=O) groups is 1. The minimum atomic E-state index is -4.52. The van der Waals surface area contributed by atoms with Crippen molar-refractivity contribution < 1.29 is 22.7 Å². The van der Waals surface area contributed by atoms with Crippen LogP contribution in [0.4, 0.5) is 18.9 Å². The minimum Gasteiger partial charge on any atom is -0.452 e. The zero-order valence-electron chi connectivity index (χ0n) is 8.47. The Balaban J connectivity index is 2.78. The Morgan fingerprint density at radius 3 is 2.62 bits per heavy atom. The van der Waals surface area contributed by atoms with E-state index >= 15 is 0 Å². The molecule has 0 aliphatic rings. The molecular weight excluding hydrogens is 223 g/mol. The Hall–Kier alpha value is -1.72. The lowest BCUT2D eigenvalue weighted by Crippen LogP contribution is -2.20. The van der Waals surface area contributed by atoms with E-state index < -0.39 is 18.8 Å². The third kappa shape index (κ3) is 3.15. The summed E-state index contributed by atoms with van der Waals surface area (Å²) < 4.78 is 39.5. The quantitative estimate of drug-likeness (QED) is 0.629. The number of esters is 1. The minimum absolute atomic E-state index is 0.0456. The highest BCUT2D eigenvalue weighted by atomic mass is 19.4. The van der Waals surface area contributed by atoms with E-state index in [1.807, 2.05) is 0 Å². The molecule has 0 atom stereocenters. The third-order valence-corrected chi connectivity index (χ3v) is 1.96. The van der Waals surface area contributed by atoms with Gasteiger partial charge >= 0.3 is 12.1 Å². The zero-order valence-corrected chi connectivity index (χ0v) is 8.47. The molecule has 1 aromatic rings. The van der Waals surface area contributed by atoms with Gasteiger partial charge in [-0.05, 0) is 24.6 Å². The molecule has 0 amide bonds. The molecule has 1 aromatic carbocycles. The van der Waals surface area contributed by atoms with Gasteiger partial charge in [0, 0.05) is 5.69 Å². The first-order valence-corrected chi connectivity index (χ1v) is 4.40. The second-order valence-electron chi connectivity index (χ2n) is 3.21. The van der Waals surface area contributed by atoms with Crippen LogP contribution in [0.15, 0.2) is 18.2 Å². The summed E-state index contributed by atoms with van der Waals surface area (Å²) in [7, 11) is 0. The number of halogens is 3. The molecular formula is C10H10F3NO2. The van der Waals surface area contributed by atoms with Crippen molar-refractivity contribution in [2.75, 3.05) is 12.3 Å². The van der Waals surface area contributed by atoms with Crippen molar-refractivity contribution in [3.05, 3.63) is 29.3 Å². The molecule has 0 aromatic heterocycles. The van der Waals surface area contributed by atoms with Gasteiger partial charge in [-0.25, -0.2) is 4.79 Å². The van der Waals surface area contributed by atoms with Crippen LogP contribution < -0.4 is 5.73 Å². The first kappa shape index (κ1) is 12.4. The number of carbonyl (C=O) groups excluding carboxylic acids is 1. The van der Waals surface area contributed by atoms with E-state index in [1.54, 1.807) is 13.0 Å². The normalized spacial score (nSPS) is 11.2. The third-order valence-electron chi connectivity index (χ3n) is 1.96. The molecule has 6 heteroatoms. The number of hydrogen-bond acceptors (Lipinski definition) is 3. The molecule has 0 aliphatic carbocycles.